The van der Waals surface area contributed by atoms with Crippen LogP contribution in [0.25, 0.3) is 0 Å². The maximum atomic E-state index is 14.0. The number of hydrogen-bond donors (Lipinski definition) is 0. The lowest BCUT2D eigenvalue weighted by molar-refractivity contribution is -0.708. The Morgan fingerprint density at radius 1 is 0.389 bits per heavy atom. The monoisotopic (exact) mass is 756 g/mol. The van der Waals surface area contributed by atoms with Gasteiger partial charge in [0.05, 0.1) is 19.2 Å². The number of quaternary nitrogens is 1. The van der Waals surface area contributed by atoms with Crippen molar-refractivity contribution in [2.45, 2.75) is 297 Å². The van der Waals surface area contributed by atoms with Crippen molar-refractivity contribution in [3.8, 4) is 0 Å². The normalized spacial score (nSPS) is 15.4. The molecule has 1 amide bonds. The molecule has 0 aromatic rings. The van der Waals surface area contributed by atoms with E-state index in [4.69, 9.17) is 4.99 Å². The van der Waals surface area contributed by atoms with E-state index in [2.05, 4.69) is 27.0 Å². The Labute approximate surface area is 340 Å². The summed E-state index contributed by atoms with van der Waals surface area (Å²) in [5, 5.41) is 0. The average molecular weight is 756 g/mol. The van der Waals surface area contributed by atoms with E-state index in [1.807, 2.05) is 6.20 Å². The highest BCUT2D eigenvalue weighted by atomic mass is 16.2. The van der Waals surface area contributed by atoms with Gasteiger partial charge < -0.3 is 0 Å². The van der Waals surface area contributed by atoms with Crippen LogP contribution in [0.5, 0.6) is 0 Å². The van der Waals surface area contributed by atoms with Crippen LogP contribution in [0, 0.1) is 0 Å². The maximum Gasteiger partial charge on any atom is 0.324 e. The predicted octanol–water partition coefficient (Wildman–Crippen LogP) is 18.0. The van der Waals surface area contributed by atoms with E-state index in [9.17, 15) is 4.79 Å². The molecule has 0 N–H and O–H groups in total. The number of nitrogens with zero attached hydrogens (tertiary/aromatic N) is 2. The van der Waals surface area contributed by atoms with Crippen LogP contribution in [0.4, 0.5) is 0 Å². The summed E-state index contributed by atoms with van der Waals surface area (Å²) in [7, 11) is 0. The van der Waals surface area contributed by atoms with Gasteiger partial charge in [0.2, 0.25) is 5.84 Å². The largest absolute Gasteiger partial charge is 0.324 e. The van der Waals surface area contributed by atoms with Crippen LogP contribution in [0.2, 0.25) is 0 Å². The summed E-state index contributed by atoms with van der Waals surface area (Å²) in [6.45, 7) is 7.84. The first kappa shape index (κ1) is 51.1. The van der Waals surface area contributed by atoms with Crippen molar-refractivity contribution in [2.75, 3.05) is 6.54 Å². The quantitative estimate of drug-likeness (QED) is 0.0450. The Morgan fingerprint density at radius 2 is 0.667 bits per heavy atom. The third kappa shape index (κ3) is 29.3. The molecule has 3 heteroatoms. The molecule has 0 aliphatic carbocycles. The molecule has 1 aliphatic rings. The molecule has 3 nitrogen and oxygen atoms in total. The van der Waals surface area contributed by atoms with Gasteiger partial charge in [0.25, 0.3) is 0 Å². The van der Waals surface area contributed by atoms with E-state index < -0.39 is 0 Å². The molecule has 0 aromatic carbocycles. The molecule has 0 aromatic heterocycles. The summed E-state index contributed by atoms with van der Waals surface area (Å²) in [6.07, 6.45) is 62.0. The van der Waals surface area contributed by atoms with Gasteiger partial charge in [-0.15, -0.1) is 0 Å². The van der Waals surface area contributed by atoms with E-state index in [0.29, 0.717) is 10.4 Å². The number of carbonyl (C=O) groups excluding carboxylic acids is 1. The Morgan fingerprint density at radius 3 is 1.00 bits per heavy atom. The summed E-state index contributed by atoms with van der Waals surface area (Å²) >= 11 is 0. The fourth-order valence-electron chi connectivity index (χ4n) is 8.77. The Kier molecular flexibility index (Phi) is 38.1. The zero-order valence-corrected chi connectivity index (χ0v) is 37.6. The highest BCUT2D eigenvalue weighted by Crippen LogP contribution is 2.27. The van der Waals surface area contributed by atoms with Crippen molar-refractivity contribution in [3.63, 3.8) is 0 Å². The second-order valence-corrected chi connectivity index (χ2v) is 17.8. The maximum absolute atomic E-state index is 14.0. The standard InChI is InChI=1S/C51H99N2O/c1-4-7-10-13-16-19-22-25-27-28-30-33-36-39-42-45-50-52-47-49-53(50,48-44-41-38-35-32-29-26-23-20-17-14-11-8-5-2)51(54)46-43-40-37-34-31-24-21-18-15-12-9-6-3/h47,49H,4-46,48H2,1-3H3/q+1. The predicted molar refractivity (Wildman–Crippen MR) is 242 cm³/mol. The molecule has 0 saturated heterocycles. The molecule has 0 bridgehead atoms. The van der Waals surface area contributed by atoms with Crippen LogP contribution >= 0.6 is 0 Å². The zero-order valence-electron chi connectivity index (χ0n) is 37.6. The second-order valence-electron chi connectivity index (χ2n) is 17.8. The van der Waals surface area contributed by atoms with Crippen molar-refractivity contribution < 1.29 is 9.28 Å². The fourth-order valence-corrected chi connectivity index (χ4v) is 8.77. The first-order valence-corrected chi connectivity index (χ1v) is 25.4. The lowest BCUT2D eigenvalue weighted by atomic mass is 10.0. The van der Waals surface area contributed by atoms with Crippen LogP contribution in [0.1, 0.15) is 297 Å². The summed E-state index contributed by atoms with van der Waals surface area (Å²) < 4.78 is 0.453. The Bertz CT molecular complexity index is 848. The SMILES string of the molecule is CCCCCCCCCCCCCCCCCC1=NC=C[N+]1(CCCCCCCCCCCCCCCC)C(=O)CCCCCCCCCCCCCC. The lowest BCUT2D eigenvalue weighted by Crippen LogP contribution is -2.52. The molecule has 0 radical (unpaired) electrons. The summed E-state index contributed by atoms with van der Waals surface area (Å²) in [5.74, 6) is 1.58. The molecule has 318 valence electrons. The van der Waals surface area contributed by atoms with Crippen molar-refractivity contribution in [1.29, 1.82) is 0 Å². The van der Waals surface area contributed by atoms with Crippen molar-refractivity contribution in [1.82, 2.24) is 0 Å². The second kappa shape index (κ2) is 40.2. The molecular weight excluding hydrogens is 657 g/mol. The molecule has 54 heavy (non-hydrogen) atoms. The van der Waals surface area contributed by atoms with Crippen molar-refractivity contribution in [3.05, 3.63) is 12.4 Å². The van der Waals surface area contributed by atoms with E-state index in [1.54, 1.807) is 0 Å². The highest BCUT2D eigenvalue weighted by Gasteiger charge is 2.41. The Balaban J connectivity index is 2.35. The van der Waals surface area contributed by atoms with Crippen LogP contribution < -0.4 is 0 Å². The minimum Gasteiger partial charge on any atom is -0.230 e. The number of unbranched alkanes of at least 4 members (excludes halogenated alkanes) is 38. The lowest BCUT2D eigenvalue weighted by Gasteiger charge is -2.30. The van der Waals surface area contributed by atoms with Gasteiger partial charge in [0.1, 0.15) is 6.20 Å². The zero-order chi connectivity index (χ0) is 38.9. The Hall–Kier alpha value is -0.960. The van der Waals surface area contributed by atoms with Crippen LogP contribution in [0.3, 0.4) is 0 Å². The first-order chi connectivity index (χ1) is 26.7. The molecule has 0 spiro atoms. The van der Waals surface area contributed by atoms with E-state index in [0.717, 1.165) is 38.1 Å². The number of carbonyl (C=O) groups is 1. The third-order valence-electron chi connectivity index (χ3n) is 12.6. The number of rotatable bonds is 44. The van der Waals surface area contributed by atoms with Gasteiger partial charge >= 0.3 is 5.91 Å². The summed E-state index contributed by atoms with van der Waals surface area (Å²) in [5.41, 5.74) is 0. The third-order valence-corrected chi connectivity index (χ3v) is 12.6. The molecule has 1 atom stereocenters. The van der Waals surface area contributed by atoms with Gasteiger partial charge in [0.15, 0.2) is 0 Å². The summed E-state index contributed by atoms with van der Waals surface area (Å²) in [4.78, 5) is 18.9. The molecule has 1 rings (SSSR count). The van der Waals surface area contributed by atoms with Gasteiger partial charge in [0, 0.05) is 6.42 Å². The molecule has 0 saturated carbocycles. The number of aliphatic imine (C=N–C) groups is 1. The molecular formula is C51H99N2O+. The number of amidine groups is 1. The average Bonchev–Trinajstić information content (AvgIpc) is 3.60. The van der Waals surface area contributed by atoms with Gasteiger partial charge in [-0.3, -0.25) is 0 Å². The first-order valence-electron chi connectivity index (χ1n) is 25.4. The smallest absolute Gasteiger partial charge is 0.230 e. The number of hydrogen-bond acceptors (Lipinski definition) is 2. The fraction of sp³-hybridized carbons (Fsp3) is 0.922. The molecule has 1 heterocycles. The number of amides is 1. The van der Waals surface area contributed by atoms with Gasteiger partial charge in [-0.25, -0.2) is 9.79 Å². The molecule has 1 unspecified atom stereocenters. The van der Waals surface area contributed by atoms with Crippen molar-refractivity contribution in [2.24, 2.45) is 4.99 Å². The van der Waals surface area contributed by atoms with Gasteiger partial charge in [-0.2, -0.15) is 4.48 Å². The van der Waals surface area contributed by atoms with Gasteiger partial charge in [-0.1, -0.05) is 258 Å². The van der Waals surface area contributed by atoms with E-state index in [-0.39, 0.29) is 0 Å². The highest BCUT2D eigenvalue weighted by molar-refractivity contribution is 5.90. The van der Waals surface area contributed by atoms with E-state index in [1.165, 1.54) is 250 Å². The summed E-state index contributed by atoms with van der Waals surface area (Å²) in [6, 6.07) is 0. The topological polar surface area (TPSA) is 29.4 Å². The van der Waals surface area contributed by atoms with Crippen LogP contribution in [0.15, 0.2) is 17.4 Å². The minimum absolute atomic E-state index is 0.422. The van der Waals surface area contributed by atoms with E-state index >= 15 is 0 Å². The molecule has 0 fully saturated rings. The van der Waals surface area contributed by atoms with Crippen LogP contribution in [-0.2, 0) is 4.79 Å². The minimum atomic E-state index is 0.422. The van der Waals surface area contributed by atoms with Crippen LogP contribution in [-0.4, -0.2) is 22.8 Å². The van der Waals surface area contributed by atoms with Gasteiger partial charge in [-0.05, 0) is 25.7 Å². The van der Waals surface area contributed by atoms with Crippen molar-refractivity contribution >= 4 is 11.7 Å². The molecule has 1 aliphatic heterocycles.